The first-order valence-electron chi connectivity index (χ1n) is 23.9. The molecule has 1 nitrogen and oxygen atoms in total. The third-order valence-electron chi connectivity index (χ3n) is 11.9. The van der Waals surface area contributed by atoms with Gasteiger partial charge in [-0.25, -0.2) is 0 Å². The lowest BCUT2D eigenvalue weighted by Crippen LogP contribution is -2.27. The second kappa shape index (κ2) is 42.4. The van der Waals surface area contributed by atoms with Crippen LogP contribution in [0.1, 0.15) is 303 Å². The average molecular weight is 691 g/mol. The minimum absolute atomic E-state index is 0.387. The highest BCUT2D eigenvalue weighted by Gasteiger charge is 2.23. The summed E-state index contributed by atoms with van der Waals surface area (Å²) in [5.74, 6) is 0. The fraction of sp³-hybridized carbons (Fsp3) is 1.00. The minimum atomic E-state index is -0.387. The molecule has 0 spiro atoms. The van der Waals surface area contributed by atoms with Crippen molar-refractivity contribution in [2.75, 3.05) is 0 Å². The van der Waals surface area contributed by atoms with Crippen LogP contribution in [0, 0.1) is 0 Å². The molecule has 0 bridgehead atoms. The van der Waals surface area contributed by atoms with Crippen molar-refractivity contribution < 1.29 is 5.11 Å². The highest BCUT2D eigenvalue weighted by atomic mass is 16.3. The molecule has 1 N–H and O–H groups in total. The Hall–Kier alpha value is -0.0400. The summed E-state index contributed by atoms with van der Waals surface area (Å²) in [5, 5.41) is 11.1. The van der Waals surface area contributed by atoms with Crippen LogP contribution in [0.2, 0.25) is 0 Å². The standard InChI is InChI=1S/C48H98O/c1-4-7-9-11-13-15-17-19-21-23-25-27-29-31-33-35-37-39-41-43-45-47-48(49,6-3)46-44-42-40-38-36-34-32-30-28-26-24-22-20-18-16-14-12-10-8-5-2/h49H,4-47H2,1-3H3. The Morgan fingerprint density at radius 2 is 0.367 bits per heavy atom. The summed E-state index contributed by atoms with van der Waals surface area (Å²) in [6, 6.07) is 0. The van der Waals surface area contributed by atoms with Crippen LogP contribution in [0.3, 0.4) is 0 Å². The van der Waals surface area contributed by atoms with Gasteiger partial charge in [0.05, 0.1) is 5.60 Å². The van der Waals surface area contributed by atoms with Crippen molar-refractivity contribution in [2.24, 2.45) is 0 Å². The molecule has 1 atom stereocenters. The molecular weight excluding hydrogens is 593 g/mol. The van der Waals surface area contributed by atoms with Crippen LogP contribution in [0.4, 0.5) is 0 Å². The topological polar surface area (TPSA) is 20.2 Å². The van der Waals surface area contributed by atoms with Gasteiger partial charge in [-0.15, -0.1) is 0 Å². The van der Waals surface area contributed by atoms with Crippen molar-refractivity contribution >= 4 is 0 Å². The molecule has 0 saturated carbocycles. The lowest BCUT2D eigenvalue weighted by Gasteiger charge is -2.27. The molecule has 0 aliphatic rings. The van der Waals surface area contributed by atoms with Crippen molar-refractivity contribution in [3.63, 3.8) is 0 Å². The number of aliphatic hydroxyl groups is 1. The van der Waals surface area contributed by atoms with Gasteiger partial charge in [0.25, 0.3) is 0 Å². The first kappa shape index (κ1) is 49.0. The Bertz CT molecular complexity index is 571. The summed E-state index contributed by atoms with van der Waals surface area (Å²) in [6.45, 7) is 6.81. The van der Waals surface area contributed by atoms with Gasteiger partial charge in [-0.2, -0.15) is 0 Å². The SMILES string of the molecule is CCCCCCCCCCCCCCCCCCCCCCCC(O)(CC)CCCCCCCCCCCCCCCCCCCCCC. The number of unbranched alkanes of at least 4 members (excludes halogenated alkanes) is 39. The Morgan fingerprint density at radius 1 is 0.224 bits per heavy atom. The van der Waals surface area contributed by atoms with E-state index in [1.807, 2.05) is 0 Å². The van der Waals surface area contributed by atoms with E-state index >= 15 is 0 Å². The molecule has 49 heavy (non-hydrogen) atoms. The largest absolute Gasteiger partial charge is 0.390 e. The Morgan fingerprint density at radius 3 is 0.510 bits per heavy atom. The van der Waals surface area contributed by atoms with Crippen LogP contribution >= 0.6 is 0 Å². The maximum Gasteiger partial charge on any atom is 0.0645 e. The van der Waals surface area contributed by atoms with Crippen LogP contribution in [-0.4, -0.2) is 10.7 Å². The third-order valence-corrected chi connectivity index (χ3v) is 11.9. The van der Waals surface area contributed by atoms with Gasteiger partial charge in [0, 0.05) is 0 Å². The molecule has 0 rings (SSSR count). The Balaban J connectivity index is 3.34. The van der Waals surface area contributed by atoms with E-state index in [9.17, 15) is 5.11 Å². The van der Waals surface area contributed by atoms with Crippen molar-refractivity contribution in [3.8, 4) is 0 Å². The summed E-state index contributed by atoms with van der Waals surface area (Å²) >= 11 is 0. The number of hydrogen-bond donors (Lipinski definition) is 1. The molecule has 0 heterocycles. The van der Waals surface area contributed by atoms with E-state index < -0.39 is 0 Å². The quantitative estimate of drug-likeness (QED) is 0.0631. The van der Waals surface area contributed by atoms with Crippen molar-refractivity contribution in [1.82, 2.24) is 0 Å². The van der Waals surface area contributed by atoms with E-state index in [1.54, 1.807) is 0 Å². The predicted octanol–water partition coefficient (Wildman–Crippen LogP) is 17.9. The van der Waals surface area contributed by atoms with Gasteiger partial charge in [-0.1, -0.05) is 284 Å². The maximum atomic E-state index is 11.1. The fourth-order valence-corrected chi connectivity index (χ4v) is 8.07. The van der Waals surface area contributed by atoms with Gasteiger partial charge in [-0.3, -0.25) is 0 Å². The molecule has 0 amide bonds. The van der Waals surface area contributed by atoms with Gasteiger partial charge in [0.2, 0.25) is 0 Å². The van der Waals surface area contributed by atoms with Crippen LogP contribution in [0.5, 0.6) is 0 Å². The van der Waals surface area contributed by atoms with Gasteiger partial charge < -0.3 is 5.11 Å². The van der Waals surface area contributed by atoms with Gasteiger partial charge in [0.1, 0.15) is 0 Å². The molecule has 0 saturated heterocycles. The molecule has 0 fully saturated rings. The minimum Gasteiger partial charge on any atom is -0.390 e. The Kier molecular flexibility index (Phi) is 42.3. The highest BCUT2D eigenvalue weighted by molar-refractivity contribution is 4.76. The predicted molar refractivity (Wildman–Crippen MR) is 225 cm³/mol. The van der Waals surface area contributed by atoms with Crippen molar-refractivity contribution in [2.45, 2.75) is 309 Å². The van der Waals surface area contributed by atoms with Gasteiger partial charge >= 0.3 is 0 Å². The van der Waals surface area contributed by atoms with Gasteiger partial charge in [0.15, 0.2) is 0 Å². The van der Waals surface area contributed by atoms with E-state index in [2.05, 4.69) is 20.8 Å². The average Bonchev–Trinajstić information content (AvgIpc) is 3.11. The lowest BCUT2D eigenvalue weighted by atomic mass is 9.87. The highest BCUT2D eigenvalue weighted by Crippen LogP contribution is 2.27. The molecule has 1 unspecified atom stereocenters. The van der Waals surface area contributed by atoms with Crippen LogP contribution in [0.15, 0.2) is 0 Å². The number of hydrogen-bond acceptors (Lipinski definition) is 1. The second-order valence-electron chi connectivity index (χ2n) is 16.9. The van der Waals surface area contributed by atoms with Gasteiger partial charge in [-0.05, 0) is 19.3 Å². The molecule has 0 aromatic carbocycles. The van der Waals surface area contributed by atoms with E-state index in [1.165, 1.54) is 263 Å². The first-order valence-corrected chi connectivity index (χ1v) is 23.9. The van der Waals surface area contributed by atoms with Crippen LogP contribution in [-0.2, 0) is 0 Å². The van der Waals surface area contributed by atoms with E-state index in [0.29, 0.717) is 0 Å². The molecule has 296 valence electrons. The maximum absolute atomic E-state index is 11.1. The first-order chi connectivity index (χ1) is 24.2. The molecule has 0 aliphatic heterocycles. The molecular formula is C48H98O. The summed E-state index contributed by atoms with van der Waals surface area (Å²) < 4.78 is 0. The Labute approximate surface area is 313 Å². The monoisotopic (exact) mass is 691 g/mol. The summed E-state index contributed by atoms with van der Waals surface area (Å²) in [7, 11) is 0. The molecule has 0 aromatic heterocycles. The van der Waals surface area contributed by atoms with Crippen LogP contribution in [0.25, 0.3) is 0 Å². The van der Waals surface area contributed by atoms with E-state index in [0.717, 1.165) is 19.3 Å². The smallest absolute Gasteiger partial charge is 0.0645 e. The van der Waals surface area contributed by atoms with E-state index in [-0.39, 0.29) is 5.60 Å². The molecule has 0 radical (unpaired) electrons. The van der Waals surface area contributed by atoms with Crippen molar-refractivity contribution in [3.05, 3.63) is 0 Å². The normalized spacial score (nSPS) is 13.0. The van der Waals surface area contributed by atoms with E-state index in [4.69, 9.17) is 0 Å². The fourth-order valence-electron chi connectivity index (χ4n) is 8.07. The molecule has 0 aromatic rings. The molecule has 1 heteroatoms. The third kappa shape index (κ3) is 40.6. The number of rotatable bonds is 44. The zero-order chi connectivity index (χ0) is 35.6. The van der Waals surface area contributed by atoms with Crippen molar-refractivity contribution in [1.29, 1.82) is 0 Å². The molecule has 0 aliphatic carbocycles. The summed E-state index contributed by atoms with van der Waals surface area (Å²) in [6.07, 6.45) is 61.7. The summed E-state index contributed by atoms with van der Waals surface area (Å²) in [4.78, 5) is 0. The lowest BCUT2D eigenvalue weighted by molar-refractivity contribution is 0.0140. The zero-order valence-electron chi connectivity index (χ0n) is 35.1. The zero-order valence-corrected chi connectivity index (χ0v) is 35.1. The van der Waals surface area contributed by atoms with Crippen LogP contribution < -0.4 is 0 Å². The summed E-state index contributed by atoms with van der Waals surface area (Å²) in [5.41, 5.74) is -0.387. The second-order valence-corrected chi connectivity index (χ2v) is 16.9.